The quantitative estimate of drug-likeness (QED) is 0.453. The molecule has 0 spiro atoms. The van der Waals surface area contributed by atoms with Crippen molar-refractivity contribution in [1.82, 2.24) is 4.90 Å². The molecule has 0 radical (unpaired) electrons. The van der Waals surface area contributed by atoms with E-state index in [1.165, 1.54) is 13.4 Å². The number of benzene rings is 1. The Morgan fingerprint density at radius 2 is 2.17 bits per heavy atom. The number of aliphatic imine (C=N–C) groups is 1. The van der Waals surface area contributed by atoms with Gasteiger partial charge in [0.05, 0.1) is 56.2 Å². The molecule has 4 rings (SSSR count). The second-order valence-electron chi connectivity index (χ2n) is 8.28. The maximum atomic E-state index is 12.5. The molecular weight excluding hydrogens is 384 g/mol. The minimum absolute atomic E-state index is 0.0284. The first-order valence-electron chi connectivity index (χ1n) is 10.5. The minimum atomic E-state index is -1.14. The molecule has 30 heavy (non-hydrogen) atoms. The van der Waals surface area contributed by atoms with Gasteiger partial charge < -0.3 is 19.3 Å². The summed E-state index contributed by atoms with van der Waals surface area (Å²) in [5.41, 5.74) is 1.70. The number of hydrogen-bond acceptors (Lipinski definition) is 7. The Hall–Kier alpha value is -2.38. The Morgan fingerprint density at radius 3 is 2.83 bits per heavy atom. The van der Waals surface area contributed by atoms with Crippen molar-refractivity contribution >= 4 is 17.4 Å². The molecule has 0 saturated carbocycles. The van der Waals surface area contributed by atoms with Crippen LogP contribution in [0.15, 0.2) is 35.0 Å². The molecule has 1 aromatic carbocycles. The van der Waals surface area contributed by atoms with Crippen LogP contribution in [0.2, 0.25) is 0 Å². The summed E-state index contributed by atoms with van der Waals surface area (Å²) in [6.45, 7) is 3.75. The minimum Gasteiger partial charge on any atom is -0.504 e. The van der Waals surface area contributed by atoms with E-state index in [2.05, 4.69) is 11.8 Å². The largest absolute Gasteiger partial charge is 0.504 e. The molecule has 3 aliphatic heterocycles. The van der Waals surface area contributed by atoms with Gasteiger partial charge in [-0.1, -0.05) is 19.4 Å². The fraction of sp³-hybridized carbons (Fsp3) is 0.565. The van der Waals surface area contributed by atoms with E-state index in [0.29, 0.717) is 30.1 Å². The molecule has 7 nitrogen and oxygen atoms in total. The topological polar surface area (TPSA) is 80.6 Å². The summed E-state index contributed by atoms with van der Waals surface area (Å²) in [5.74, 6) is 0.569. The Bertz CT molecular complexity index is 896. The predicted molar refractivity (Wildman–Crippen MR) is 113 cm³/mol. The molecule has 2 saturated heterocycles. The second-order valence-corrected chi connectivity index (χ2v) is 8.28. The number of aliphatic hydroxyl groups is 1. The van der Waals surface area contributed by atoms with Crippen LogP contribution in [0.1, 0.15) is 31.7 Å². The first-order valence-corrected chi connectivity index (χ1v) is 10.5. The van der Waals surface area contributed by atoms with Gasteiger partial charge in [0.25, 0.3) is 0 Å². The van der Waals surface area contributed by atoms with E-state index in [1.807, 2.05) is 18.2 Å². The zero-order valence-electron chi connectivity index (χ0n) is 18.1. The van der Waals surface area contributed by atoms with Crippen molar-refractivity contribution in [2.45, 2.75) is 37.8 Å². The summed E-state index contributed by atoms with van der Waals surface area (Å²) in [6.07, 6.45) is 3.71. The number of methoxy groups -OCH3 is 3. The Kier molecular flexibility index (Phi) is 5.59. The van der Waals surface area contributed by atoms with Gasteiger partial charge in [-0.2, -0.15) is 0 Å². The number of carbonyl (C=O) groups excluding carboxylic acids is 1. The highest BCUT2D eigenvalue weighted by atomic mass is 16.5. The van der Waals surface area contributed by atoms with Crippen LogP contribution in [-0.4, -0.2) is 62.1 Å². The molecule has 0 amide bonds. The molecule has 0 aromatic heterocycles. The number of rotatable bonds is 5. The molecule has 1 unspecified atom stereocenters. The first kappa shape index (κ1) is 20.9. The molecule has 3 heterocycles. The van der Waals surface area contributed by atoms with Crippen LogP contribution in [0.5, 0.6) is 5.75 Å². The van der Waals surface area contributed by atoms with Gasteiger partial charge in [0, 0.05) is 13.1 Å². The van der Waals surface area contributed by atoms with Gasteiger partial charge in [-0.3, -0.25) is 9.89 Å². The lowest BCUT2D eigenvalue weighted by Crippen LogP contribution is -2.60. The first-order chi connectivity index (χ1) is 14.5. The molecule has 0 bridgehead atoms. The van der Waals surface area contributed by atoms with Crippen molar-refractivity contribution in [1.29, 1.82) is 0 Å². The number of ether oxygens (including phenoxy) is 3. The summed E-state index contributed by atoms with van der Waals surface area (Å²) in [6, 6.07) is 5.63. The summed E-state index contributed by atoms with van der Waals surface area (Å²) >= 11 is 0. The van der Waals surface area contributed by atoms with E-state index < -0.39 is 5.60 Å². The number of fused-ring (bicyclic) bond motifs is 5. The maximum absolute atomic E-state index is 12.5. The monoisotopic (exact) mass is 414 g/mol. The molecule has 7 heteroatoms. The average molecular weight is 415 g/mol. The van der Waals surface area contributed by atoms with Crippen molar-refractivity contribution in [3.05, 3.63) is 35.6 Å². The molecular formula is C23H30N2O5. The third kappa shape index (κ3) is 3.11. The van der Waals surface area contributed by atoms with Crippen LogP contribution in [0.3, 0.4) is 0 Å². The smallest absolute Gasteiger partial charge is 0.337 e. The van der Waals surface area contributed by atoms with Gasteiger partial charge in [-0.25, -0.2) is 4.79 Å². The van der Waals surface area contributed by atoms with Gasteiger partial charge >= 0.3 is 5.97 Å². The summed E-state index contributed by atoms with van der Waals surface area (Å²) in [5, 5.41) is 11.8. The lowest BCUT2D eigenvalue weighted by Gasteiger charge is -2.50. The van der Waals surface area contributed by atoms with Gasteiger partial charge in [-0.05, 0) is 36.8 Å². The van der Waals surface area contributed by atoms with Crippen LogP contribution in [-0.2, 0) is 19.9 Å². The number of piperidine rings is 2. The van der Waals surface area contributed by atoms with Crippen molar-refractivity contribution in [3.63, 3.8) is 0 Å². The van der Waals surface area contributed by atoms with Crippen molar-refractivity contribution in [3.8, 4) is 5.75 Å². The van der Waals surface area contributed by atoms with Gasteiger partial charge in [0.2, 0.25) is 0 Å². The average Bonchev–Trinajstić information content (AvgIpc) is 3.09. The molecule has 162 valence electrons. The number of nitrogens with zero attached hydrogens (tertiary/aromatic N) is 2. The van der Waals surface area contributed by atoms with E-state index in [4.69, 9.17) is 19.2 Å². The fourth-order valence-corrected chi connectivity index (χ4v) is 5.45. The number of hydrogen-bond donors (Lipinski definition) is 1. The van der Waals surface area contributed by atoms with Crippen molar-refractivity contribution < 1.29 is 24.1 Å². The highest BCUT2D eigenvalue weighted by molar-refractivity contribution is 6.05. The Labute approximate surface area is 177 Å². The highest BCUT2D eigenvalue weighted by Crippen LogP contribution is 2.51. The van der Waals surface area contributed by atoms with Gasteiger partial charge in [-0.15, -0.1) is 0 Å². The number of carbonyl (C=O) groups is 1. The summed E-state index contributed by atoms with van der Waals surface area (Å²) < 4.78 is 15.8. The summed E-state index contributed by atoms with van der Waals surface area (Å²) in [7, 11) is 4.56. The van der Waals surface area contributed by atoms with Crippen LogP contribution in [0.25, 0.3) is 0 Å². The highest BCUT2D eigenvalue weighted by Gasteiger charge is 2.54. The zero-order valence-corrected chi connectivity index (χ0v) is 18.1. The van der Waals surface area contributed by atoms with Crippen molar-refractivity contribution in [2.75, 3.05) is 34.4 Å². The predicted octanol–water partition coefficient (Wildman–Crippen LogP) is 2.79. The Balaban J connectivity index is 1.72. The van der Waals surface area contributed by atoms with Crippen LogP contribution in [0.4, 0.5) is 5.69 Å². The van der Waals surface area contributed by atoms with E-state index in [0.717, 1.165) is 36.5 Å². The molecule has 0 aliphatic carbocycles. The molecule has 3 aliphatic rings. The van der Waals surface area contributed by atoms with E-state index in [1.54, 1.807) is 14.2 Å². The van der Waals surface area contributed by atoms with Crippen LogP contribution < -0.4 is 4.74 Å². The standard InChI is InChI=1S/C23H30N2O5/c1-5-14-12-25-10-9-23(27)20-17(7-6-8-19(20)29-3)24-21(23)18(25)11-15(14)16(13-28-2)22(26)30-4/h6-8,13-15,18,27H,5,9-12H2,1-4H3/b16-13+/t14-,15+,18?,23+/m1/s1. The van der Waals surface area contributed by atoms with Crippen molar-refractivity contribution in [2.24, 2.45) is 16.8 Å². The molecule has 4 atom stereocenters. The van der Waals surface area contributed by atoms with Gasteiger partial charge in [0.1, 0.15) is 11.4 Å². The second kappa shape index (κ2) is 8.04. The third-order valence-electron chi connectivity index (χ3n) is 6.92. The fourth-order valence-electron chi connectivity index (χ4n) is 5.45. The van der Waals surface area contributed by atoms with E-state index >= 15 is 0 Å². The normalized spacial score (nSPS) is 30.6. The number of esters is 1. The maximum Gasteiger partial charge on any atom is 0.337 e. The van der Waals surface area contributed by atoms with Crippen LogP contribution in [0, 0.1) is 11.8 Å². The zero-order chi connectivity index (χ0) is 21.5. The lowest BCUT2D eigenvalue weighted by atomic mass is 9.70. The van der Waals surface area contributed by atoms with E-state index in [9.17, 15) is 9.90 Å². The lowest BCUT2D eigenvalue weighted by molar-refractivity contribution is -0.137. The van der Waals surface area contributed by atoms with E-state index in [-0.39, 0.29) is 17.9 Å². The molecule has 2 fully saturated rings. The van der Waals surface area contributed by atoms with Crippen LogP contribution >= 0.6 is 0 Å². The summed E-state index contributed by atoms with van der Waals surface area (Å²) in [4.78, 5) is 19.8. The molecule has 1 N–H and O–H groups in total. The Morgan fingerprint density at radius 1 is 1.37 bits per heavy atom. The van der Waals surface area contributed by atoms with Gasteiger partial charge in [0.15, 0.2) is 0 Å². The SMILES string of the molecule is CC[C@@H]1CN2CC[C@@]3(O)C(=Nc4cccc(OC)c43)C2C[C@@H]1/C(=C\OC)C(=O)OC. The molecule has 1 aromatic rings. The third-order valence-corrected chi connectivity index (χ3v) is 6.92.